The molecule has 2 aromatic heterocycles. The van der Waals surface area contributed by atoms with Crippen molar-refractivity contribution in [3.05, 3.63) is 30.1 Å². The number of para-hydroxylation sites is 1. The maximum Gasteiger partial charge on any atom is 0.222 e. The lowest BCUT2D eigenvalue weighted by atomic mass is 9.66. The standard InChI is InChI=1S/C53H85N7O8/c1-4-5-23-45-58-48-49(42-20-12-13-21-43(42)57-51(48)54)60(45)28-17-16-27-56-47(62)25-30-65-32-34-67-36-38-68-37-35-66-33-31-64-29-24-46(61)55-26-15-14-22-44-50(63)52(2)40-18-10-8-6-7-9-11-19-41(39-40)53(52,3)59-44/h12-13,20-21,40-41,44,59H,4-11,14-19,22-39H2,1-3H3,(H2,54,57)(H,55,61)(H,56,62). The van der Waals surface area contributed by atoms with Crippen LogP contribution in [-0.4, -0.2) is 123 Å². The van der Waals surface area contributed by atoms with Crippen LogP contribution in [0.5, 0.6) is 0 Å². The first kappa shape index (κ1) is 53.6. The number of imidazole rings is 1. The van der Waals surface area contributed by atoms with Gasteiger partial charge in [-0.1, -0.05) is 77.0 Å². The summed E-state index contributed by atoms with van der Waals surface area (Å²) in [5.41, 5.74) is 8.66. The molecule has 15 heteroatoms. The van der Waals surface area contributed by atoms with Crippen molar-refractivity contribution in [1.82, 2.24) is 30.5 Å². The number of aryl methyl sites for hydroxylation is 2. The van der Waals surface area contributed by atoms with Crippen molar-refractivity contribution in [2.75, 3.05) is 84.9 Å². The number of nitrogens with one attached hydrogen (secondary N) is 3. The number of hydrogen-bond acceptors (Lipinski definition) is 12. The highest BCUT2D eigenvalue weighted by atomic mass is 16.6. The molecular formula is C53H85N7O8. The number of nitrogen functional groups attached to an aromatic ring is 1. The number of Topliss-reactive ketones (excluding diaryl/α,β-unsaturated/α-hetero) is 1. The highest BCUT2D eigenvalue weighted by molar-refractivity contribution is 6.06. The minimum Gasteiger partial charge on any atom is -0.382 e. The van der Waals surface area contributed by atoms with Crippen molar-refractivity contribution in [2.45, 2.75) is 161 Å². The van der Waals surface area contributed by atoms with Crippen molar-refractivity contribution >= 4 is 45.4 Å². The molecule has 2 bridgehead atoms. The quantitative estimate of drug-likeness (QED) is 0.0462. The molecule has 15 nitrogen and oxygen atoms in total. The van der Waals surface area contributed by atoms with Gasteiger partial charge >= 0.3 is 0 Å². The topological polar surface area (TPSA) is 190 Å². The van der Waals surface area contributed by atoms with E-state index in [0.29, 0.717) is 115 Å². The molecule has 2 aliphatic carbocycles. The largest absolute Gasteiger partial charge is 0.382 e. The SMILES string of the molecule is CCCCc1nc2c(N)nc3ccccc3c2n1CCCCNC(=O)CCOCCOCCOCCOCCOCCC(=O)NCCCCC1NC2(C)C3CCCCCCCCC(C3)C2(C)C1=O. The molecule has 380 valence electrons. The lowest BCUT2D eigenvalue weighted by Crippen LogP contribution is -2.52. The second-order valence-electron chi connectivity index (χ2n) is 19.8. The van der Waals surface area contributed by atoms with E-state index in [-0.39, 0.29) is 28.8 Å². The zero-order valence-corrected chi connectivity index (χ0v) is 41.9. The number of anilines is 1. The summed E-state index contributed by atoms with van der Waals surface area (Å²) >= 11 is 0. The molecule has 5 atom stereocenters. The van der Waals surface area contributed by atoms with Gasteiger partial charge < -0.3 is 49.9 Å². The minimum atomic E-state index is -0.263. The van der Waals surface area contributed by atoms with Gasteiger partial charge in [-0.15, -0.1) is 0 Å². The van der Waals surface area contributed by atoms with E-state index < -0.39 is 0 Å². The van der Waals surface area contributed by atoms with E-state index in [4.69, 9.17) is 34.4 Å². The second kappa shape index (κ2) is 28.2. The van der Waals surface area contributed by atoms with Crippen LogP contribution in [0.2, 0.25) is 0 Å². The van der Waals surface area contributed by atoms with Gasteiger partial charge in [0.25, 0.3) is 0 Å². The predicted octanol–water partition coefficient (Wildman–Crippen LogP) is 7.63. The number of fused-ring (bicyclic) bond motifs is 8. The molecule has 0 spiro atoms. The van der Waals surface area contributed by atoms with Gasteiger partial charge in [-0.25, -0.2) is 9.97 Å². The molecule has 3 aromatic rings. The third-order valence-electron chi connectivity index (χ3n) is 15.2. The van der Waals surface area contributed by atoms with E-state index in [1.54, 1.807) is 0 Å². The summed E-state index contributed by atoms with van der Waals surface area (Å²) < 4.78 is 30.2. The average Bonchev–Trinajstić information content (AvgIpc) is 3.86. The number of hydrogen-bond donors (Lipinski definition) is 4. The lowest BCUT2D eigenvalue weighted by Gasteiger charge is -2.40. The van der Waals surface area contributed by atoms with Gasteiger partial charge in [0.2, 0.25) is 11.8 Å². The lowest BCUT2D eigenvalue weighted by molar-refractivity contribution is -0.129. The smallest absolute Gasteiger partial charge is 0.222 e. The molecule has 2 saturated carbocycles. The van der Waals surface area contributed by atoms with E-state index >= 15 is 0 Å². The van der Waals surface area contributed by atoms with E-state index in [1.165, 1.54) is 57.8 Å². The number of aromatic nitrogens is 3. The molecule has 3 fully saturated rings. The van der Waals surface area contributed by atoms with Gasteiger partial charge in [0.1, 0.15) is 11.3 Å². The van der Waals surface area contributed by atoms with Crippen LogP contribution in [0.25, 0.3) is 21.9 Å². The Morgan fingerprint density at radius 1 is 0.735 bits per heavy atom. The van der Waals surface area contributed by atoms with Gasteiger partial charge in [0, 0.05) is 55.2 Å². The van der Waals surface area contributed by atoms with Crippen LogP contribution in [0.15, 0.2) is 24.3 Å². The van der Waals surface area contributed by atoms with Crippen molar-refractivity contribution in [3.63, 3.8) is 0 Å². The van der Waals surface area contributed by atoms with Gasteiger partial charge in [0.05, 0.1) is 83.1 Å². The Balaban J connectivity index is 0.687. The summed E-state index contributed by atoms with van der Waals surface area (Å²) in [6.45, 7) is 13.0. The predicted molar refractivity (Wildman–Crippen MR) is 267 cm³/mol. The van der Waals surface area contributed by atoms with Crippen LogP contribution in [0.4, 0.5) is 5.82 Å². The Labute approximate surface area is 405 Å². The first-order valence-electron chi connectivity index (χ1n) is 26.4. The Morgan fingerprint density at radius 2 is 1.29 bits per heavy atom. The van der Waals surface area contributed by atoms with Gasteiger partial charge in [-0.05, 0) is 82.6 Å². The molecule has 3 aliphatic rings. The van der Waals surface area contributed by atoms with Gasteiger partial charge in [-0.3, -0.25) is 14.4 Å². The molecule has 3 heterocycles. The number of rotatable bonds is 31. The molecule has 68 heavy (non-hydrogen) atoms. The zero-order valence-electron chi connectivity index (χ0n) is 41.9. The fraction of sp³-hybridized carbons (Fsp3) is 0.755. The van der Waals surface area contributed by atoms with E-state index in [9.17, 15) is 14.4 Å². The summed E-state index contributed by atoms with van der Waals surface area (Å²) in [4.78, 5) is 48.2. The molecule has 0 radical (unpaired) electrons. The van der Waals surface area contributed by atoms with Gasteiger partial charge in [-0.2, -0.15) is 0 Å². The number of carbonyl (C=O) groups is 3. The highest BCUT2D eigenvalue weighted by Crippen LogP contribution is 2.60. The molecule has 5 unspecified atom stereocenters. The number of nitrogens with two attached hydrogens (primary N) is 1. The summed E-state index contributed by atoms with van der Waals surface area (Å²) in [5, 5.41) is 11.0. The maximum atomic E-state index is 14.0. The maximum absolute atomic E-state index is 14.0. The summed E-state index contributed by atoms with van der Waals surface area (Å²) in [7, 11) is 0. The number of unbranched alkanes of at least 4 members (excludes halogenated alkanes) is 3. The molecule has 5 N–H and O–H groups in total. The monoisotopic (exact) mass is 948 g/mol. The first-order valence-corrected chi connectivity index (χ1v) is 26.4. The van der Waals surface area contributed by atoms with Crippen LogP contribution in [0, 0.1) is 17.3 Å². The minimum absolute atomic E-state index is 0.0155. The summed E-state index contributed by atoms with van der Waals surface area (Å²) in [5.74, 6) is 2.99. The van der Waals surface area contributed by atoms with Crippen molar-refractivity contribution in [1.29, 1.82) is 0 Å². The third-order valence-corrected chi connectivity index (χ3v) is 15.2. The molecule has 1 aromatic carbocycles. The molecular weight excluding hydrogens is 863 g/mol. The number of nitrogens with zero attached hydrogens (tertiary/aromatic N) is 3. The highest BCUT2D eigenvalue weighted by Gasteiger charge is 2.68. The number of carbonyl (C=O) groups excluding carboxylic acids is 3. The van der Waals surface area contributed by atoms with E-state index in [1.807, 2.05) is 18.2 Å². The van der Waals surface area contributed by atoms with Crippen LogP contribution in [0.3, 0.4) is 0 Å². The fourth-order valence-electron chi connectivity index (χ4n) is 11.2. The normalized spacial score (nSPS) is 23.0. The van der Waals surface area contributed by atoms with Crippen molar-refractivity contribution in [2.24, 2.45) is 17.3 Å². The second-order valence-corrected chi connectivity index (χ2v) is 19.8. The van der Waals surface area contributed by atoms with Crippen LogP contribution in [-0.2, 0) is 51.0 Å². The Kier molecular flexibility index (Phi) is 22.2. The van der Waals surface area contributed by atoms with E-state index in [2.05, 4.69) is 52.3 Å². The number of ketones is 1. The Hall–Kier alpha value is -3.73. The first-order chi connectivity index (χ1) is 33.2. The molecule has 6 rings (SSSR count). The number of pyridine rings is 1. The average molecular weight is 948 g/mol. The van der Waals surface area contributed by atoms with Crippen LogP contribution < -0.4 is 21.7 Å². The van der Waals surface area contributed by atoms with Crippen LogP contribution >= 0.6 is 0 Å². The van der Waals surface area contributed by atoms with E-state index in [0.717, 1.165) is 85.7 Å². The fourth-order valence-corrected chi connectivity index (χ4v) is 11.2. The summed E-state index contributed by atoms with van der Waals surface area (Å²) in [6, 6.07) is 7.99. The van der Waals surface area contributed by atoms with Gasteiger partial charge in [0.15, 0.2) is 11.6 Å². The third kappa shape index (κ3) is 14.7. The number of amides is 2. The zero-order chi connectivity index (χ0) is 48.0. The molecule has 2 amide bonds. The Morgan fingerprint density at radius 3 is 1.91 bits per heavy atom. The van der Waals surface area contributed by atoms with Crippen molar-refractivity contribution < 1.29 is 38.1 Å². The number of ether oxygens (including phenoxy) is 5. The number of benzene rings is 1. The van der Waals surface area contributed by atoms with Crippen LogP contribution in [0.1, 0.15) is 142 Å². The summed E-state index contributed by atoms with van der Waals surface area (Å²) in [6.07, 6.45) is 19.5. The molecule has 1 saturated heterocycles. The Bertz CT molecular complexity index is 2010. The van der Waals surface area contributed by atoms with Crippen molar-refractivity contribution in [3.8, 4) is 0 Å². The molecule has 1 aliphatic heterocycles.